The quantitative estimate of drug-likeness (QED) is 0.781. The predicted molar refractivity (Wildman–Crippen MR) is 80.6 cm³/mol. The van der Waals surface area contributed by atoms with E-state index in [-0.39, 0.29) is 12.3 Å². The summed E-state index contributed by atoms with van der Waals surface area (Å²) in [5.41, 5.74) is 0.163. The number of rotatable bonds is 7. The van der Waals surface area contributed by atoms with Gasteiger partial charge in [-0.2, -0.15) is 8.78 Å². The molecule has 1 atom stereocenters. The normalized spacial score (nSPS) is 12.6. The van der Waals surface area contributed by atoms with E-state index in [1.807, 2.05) is 0 Å². The monoisotopic (exact) mass is 329 g/mol. The highest BCUT2D eigenvalue weighted by Gasteiger charge is 2.17. The van der Waals surface area contributed by atoms with Crippen molar-refractivity contribution in [1.82, 2.24) is 5.32 Å². The van der Waals surface area contributed by atoms with Crippen LogP contribution < -0.4 is 10.1 Å². The minimum absolute atomic E-state index is 0.0540. The van der Waals surface area contributed by atoms with Crippen molar-refractivity contribution in [3.63, 3.8) is 0 Å². The van der Waals surface area contributed by atoms with Crippen molar-refractivity contribution >= 4 is 12.4 Å². The van der Waals surface area contributed by atoms with Crippen LogP contribution in [0.25, 0.3) is 0 Å². The smallest absolute Gasteiger partial charge is 0.407 e. The van der Waals surface area contributed by atoms with E-state index in [2.05, 4.69) is 10.1 Å². The number of ether oxygens (including phenoxy) is 2. The topological polar surface area (TPSA) is 64.6 Å². The molecule has 0 bridgehead atoms. The molecule has 0 spiro atoms. The molecule has 1 aromatic rings. The Balaban J connectivity index is 2.50. The number of nitrogens with one attached hydrogen (secondary N) is 1. The van der Waals surface area contributed by atoms with Gasteiger partial charge >= 0.3 is 12.7 Å². The van der Waals surface area contributed by atoms with Crippen LogP contribution in [-0.4, -0.2) is 31.1 Å². The molecule has 23 heavy (non-hydrogen) atoms. The van der Waals surface area contributed by atoms with Gasteiger partial charge in [0.15, 0.2) is 0 Å². The molecule has 0 unspecified atom stereocenters. The number of benzene rings is 1. The zero-order valence-electron chi connectivity index (χ0n) is 13.3. The summed E-state index contributed by atoms with van der Waals surface area (Å²) in [6.45, 7) is 2.49. The van der Waals surface area contributed by atoms with E-state index >= 15 is 0 Å². The summed E-state index contributed by atoms with van der Waals surface area (Å²) in [7, 11) is 0. The van der Waals surface area contributed by atoms with Crippen molar-refractivity contribution < 1.29 is 27.8 Å². The minimum atomic E-state index is -2.87. The zero-order chi connectivity index (χ0) is 17.5. The highest BCUT2D eigenvalue weighted by Crippen LogP contribution is 2.16. The van der Waals surface area contributed by atoms with Gasteiger partial charge in [0.2, 0.25) is 0 Å². The molecule has 1 aromatic carbocycles. The molecule has 1 amide bonds. The minimum Gasteiger partial charge on any atom is -0.444 e. The summed E-state index contributed by atoms with van der Waals surface area (Å²) in [5, 5.41) is 2.53. The SMILES string of the molecule is CC(C)(C)OC(=O)NC[C@H](C=O)Cc1ccc(OC(F)F)cc1. The van der Waals surface area contributed by atoms with Gasteiger partial charge in [0.05, 0.1) is 0 Å². The van der Waals surface area contributed by atoms with Gasteiger partial charge in [-0.1, -0.05) is 12.1 Å². The van der Waals surface area contributed by atoms with Crippen LogP contribution in [0.1, 0.15) is 26.3 Å². The molecule has 0 heterocycles. The van der Waals surface area contributed by atoms with Crippen molar-refractivity contribution in [2.75, 3.05) is 6.54 Å². The van der Waals surface area contributed by atoms with Crippen molar-refractivity contribution in [3.8, 4) is 5.75 Å². The predicted octanol–water partition coefficient (Wildman–Crippen LogP) is 3.17. The Morgan fingerprint density at radius 1 is 1.26 bits per heavy atom. The second-order valence-electron chi connectivity index (χ2n) is 6.01. The standard InChI is InChI=1S/C16H21F2NO4/c1-16(2,3)23-15(21)19-9-12(10-20)8-11-4-6-13(7-5-11)22-14(17)18/h4-7,10,12,14H,8-9H2,1-3H3,(H,19,21)/t12-/m1/s1. The summed E-state index contributed by atoms with van der Waals surface area (Å²) < 4.78 is 33.4. The first kappa shape index (κ1) is 18.9. The fourth-order valence-electron chi connectivity index (χ4n) is 1.81. The van der Waals surface area contributed by atoms with Crippen LogP contribution in [-0.2, 0) is 16.0 Å². The first-order chi connectivity index (χ1) is 10.7. The molecule has 128 valence electrons. The lowest BCUT2D eigenvalue weighted by Crippen LogP contribution is -2.36. The molecule has 0 saturated carbocycles. The van der Waals surface area contributed by atoms with Crippen LogP contribution in [0, 0.1) is 5.92 Å². The van der Waals surface area contributed by atoms with E-state index in [4.69, 9.17) is 4.74 Å². The van der Waals surface area contributed by atoms with Gasteiger partial charge in [-0.05, 0) is 44.9 Å². The summed E-state index contributed by atoms with van der Waals surface area (Å²) in [5.74, 6) is -0.386. The molecule has 1 rings (SSSR count). The molecule has 0 saturated heterocycles. The zero-order valence-corrected chi connectivity index (χ0v) is 13.3. The molecule has 1 N–H and O–H groups in total. The molecule has 0 radical (unpaired) electrons. The van der Waals surface area contributed by atoms with E-state index in [9.17, 15) is 18.4 Å². The van der Waals surface area contributed by atoms with Crippen LogP contribution in [0.4, 0.5) is 13.6 Å². The molecular formula is C16H21F2NO4. The van der Waals surface area contributed by atoms with Gasteiger partial charge in [0.25, 0.3) is 0 Å². The van der Waals surface area contributed by atoms with Crippen LogP contribution in [0.15, 0.2) is 24.3 Å². The fourth-order valence-corrected chi connectivity index (χ4v) is 1.81. The van der Waals surface area contributed by atoms with E-state index in [0.29, 0.717) is 6.42 Å². The number of alkyl halides is 2. The second-order valence-corrected chi connectivity index (χ2v) is 6.01. The van der Waals surface area contributed by atoms with Crippen molar-refractivity contribution in [2.45, 2.75) is 39.4 Å². The van der Waals surface area contributed by atoms with Crippen LogP contribution >= 0.6 is 0 Å². The lowest BCUT2D eigenvalue weighted by atomic mass is 10.0. The average Bonchev–Trinajstić information content (AvgIpc) is 2.42. The first-order valence-corrected chi connectivity index (χ1v) is 7.15. The van der Waals surface area contributed by atoms with E-state index < -0.39 is 24.2 Å². The Bertz CT molecular complexity index is 512. The molecule has 7 heteroatoms. The van der Waals surface area contributed by atoms with Crippen molar-refractivity contribution in [1.29, 1.82) is 0 Å². The Morgan fingerprint density at radius 2 is 1.87 bits per heavy atom. The maximum absolute atomic E-state index is 12.1. The number of carbonyl (C=O) groups excluding carboxylic acids is 2. The van der Waals surface area contributed by atoms with Gasteiger partial charge in [-0.3, -0.25) is 0 Å². The largest absolute Gasteiger partial charge is 0.444 e. The van der Waals surface area contributed by atoms with Crippen molar-refractivity contribution in [3.05, 3.63) is 29.8 Å². The summed E-state index contributed by atoms with van der Waals surface area (Å²) in [4.78, 5) is 22.6. The number of aldehydes is 1. The molecule has 0 fully saturated rings. The second kappa shape index (κ2) is 8.45. The number of carbonyl (C=O) groups is 2. The van der Waals surface area contributed by atoms with Gasteiger partial charge in [-0.25, -0.2) is 4.79 Å². The Morgan fingerprint density at radius 3 is 2.35 bits per heavy atom. The highest BCUT2D eigenvalue weighted by molar-refractivity contribution is 5.68. The third-order valence-electron chi connectivity index (χ3n) is 2.75. The lowest BCUT2D eigenvalue weighted by molar-refractivity contribution is -0.110. The van der Waals surface area contributed by atoms with Gasteiger partial charge in [0.1, 0.15) is 17.6 Å². The first-order valence-electron chi connectivity index (χ1n) is 7.15. The molecular weight excluding hydrogens is 308 g/mol. The number of amides is 1. The highest BCUT2D eigenvalue weighted by atomic mass is 19.3. The van der Waals surface area contributed by atoms with E-state index in [1.165, 1.54) is 12.1 Å². The average molecular weight is 329 g/mol. The number of halogens is 2. The Kier molecular flexibility index (Phi) is 6.93. The summed E-state index contributed by atoms with van der Waals surface area (Å²) in [6, 6.07) is 6.01. The molecule has 0 aliphatic heterocycles. The fraction of sp³-hybridized carbons (Fsp3) is 0.500. The number of hydrogen-bond acceptors (Lipinski definition) is 4. The summed E-state index contributed by atoms with van der Waals surface area (Å²) in [6.07, 6.45) is 0.514. The Labute approximate surface area is 134 Å². The third-order valence-corrected chi connectivity index (χ3v) is 2.75. The summed E-state index contributed by atoms with van der Waals surface area (Å²) >= 11 is 0. The van der Waals surface area contributed by atoms with E-state index in [0.717, 1.165) is 11.8 Å². The van der Waals surface area contributed by atoms with Crippen LogP contribution in [0.2, 0.25) is 0 Å². The van der Waals surface area contributed by atoms with Gasteiger partial charge in [-0.15, -0.1) is 0 Å². The molecule has 0 aromatic heterocycles. The third kappa shape index (κ3) is 8.13. The number of hydrogen-bond donors (Lipinski definition) is 1. The van der Waals surface area contributed by atoms with Crippen molar-refractivity contribution in [2.24, 2.45) is 5.92 Å². The molecule has 0 aliphatic carbocycles. The number of alkyl carbamates (subject to hydrolysis) is 1. The van der Waals surface area contributed by atoms with Crippen LogP contribution in [0.3, 0.4) is 0 Å². The molecule has 5 nitrogen and oxygen atoms in total. The van der Waals surface area contributed by atoms with E-state index in [1.54, 1.807) is 32.9 Å². The lowest BCUT2D eigenvalue weighted by Gasteiger charge is -2.20. The Hall–Kier alpha value is -2.18. The molecule has 0 aliphatic rings. The van der Waals surface area contributed by atoms with Gasteiger partial charge < -0.3 is 19.6 Å². The maximum Gasteiger partial charge on any atom is 0.407 e. The van der Waals surface area contributed by atoms with Gasteiger partial charge in [0, 0.05) is 12.5 Å². The maximum atomic E-state index is 12.1. The van der Waals surface area contributed by atoms with Crippen LogP contribution in [0.5, 0.6) is 5.75 Å².